The summed E-state index contributed by atoms with van der Waals surface area (Å²) in [6, 6.07) is 5.84. The Labute approximate surface area is 102 Å². The summed E-state index contributed by atoms with van der Waals surface area (Å²) in [7, 11) is 1.57. The second kappa shape index (κ2) is 5.77. The first-order chi connectivity index (χ1) is 8.29. The van der Waals surface area contributed by atoms with Crippen LogP contribution in [0.25, 0.3) is 0 Å². The number of likely N-dealkylation sites (tertiary alicyclic amines) is 1. The Bertz CT molecular complexity index is 362. The predicted octanol–water partition coefficient (Wildman–Crippen LogP) is 1.68. The fourth-order valence-corrected chi connectivity index (χ4v) is 2.01. The smallest absolute Gasteiger partial charge is 0.168 e. The van der Waals surface area contributed by atoms with Crippen LogP contribution in [0.2, 0.25) is 0 Å². The Morgan fingerprint density at radius 1 is 1.41 bits per heavy atom. The first-order valence-corrected chi connectivity index (χ1v) is 5.93. The SMILES string of the molecule is COc1[c]cc(O)cc1OCCN1CCCC1. The standard InChI is InChI=1S/C13H18NO3/c1-16-12-5-4-11(15)10-13(12)17-9-8-14-6-2-3-7-14/h4,10,15H,2-3,6-9H2,1H3. The van der Waals surface area contributed by atoms with Crippen molar-refractivity contribution in [2.24, 2.45) is 0 Å². The molecule has 1 radical (unpaired) electrons. The molecule has 0 saturated carbocycles. The van der Waals surface area contributed by atoms with E-state index in [-0.39, 0.29) is 5.75 Å². The van der Waals surface area contributed by atoms with Gasteiger partial charge in [0.1, 0.15) is 12.4 Å². The number of methoxy groups -OCH3 is 1. The molecule has 2 rings (SSSR count). The van der Waals surface area contributed by atoms with Crippen molar-refractivity contribution in [1.82, 2.24) is 4.90 Å². The number of rotatable bonds is 5. The summed E-state index contributed by atoms with van der Waals surface area (Å²) in [5.41, 5.74) is 0. The van der Waals surface area contributed by atoms with Gasteiger partial charge in [-0.3, -0.25) is 4.90 Å². The molecule has 1 heterocycles. The Balaban J connectivity index is 1.86. The highest BCUT2D eigenvalue weighted by Crippen LogP contribution is 2.29. The number of benzene rings is 1. The van der Waals surface area contributed by atoms with Gasteiger partial charge >= 0.3 is 0 Å². The van der Waals surface area contributed by atoms with Gasteiger partial charge in [-0.25, -0.2) is 0 Å². The molecule has 0 unspecified atom stereocenters. The molecule has 1 aromatic rings. The quantitative estimate of drug-likeness (QED) is 0.844. The third-order valence-electron chi connectivity index (χ3n) is 2.92. The molecule has 1 saturated heterocycles. The van der Waals surface area contributed by atoms with Crippen LogP contribution in [0, 0.1) is 6.07 Å². The maximum atomic E-state index is 9.37. The van der Waals surface area contributed by atoms with Crippen molar-refractivity contribution in [2.45, 2.75) is 12.8 Å². The minimum absolute atomic E-state index is 0.141. The molecule has 0 aromatic heterocycles. The summed E-state index contributed by atoms with van der Waals surface area (Å²) in [6.07, 6.45) is 2.56. The number of hydrogen-bond donors (Lipinski definition) is 1. The van der Waals surface area contributed by atoms with Crippen LogP contribution in [0.1, 0.15) is 12.8 Å². The first kappa shape index (κ1) is 12.0. The zero-order chi connectivity index (χ0) is 12.1. The van der Waals surface area contributed by atoms with E-state index in [0.717, 1.165) is 19.6 Å². The molecule has 1 aromatic carbocycles. The van der Waals surface area contributed by atoms with E-state index in [1.54, 1.807) is 13.2 Å². The number of phenols is 1. The van der Waals surface area contributed by atoms with Gasteiger partial charge in [-0.15, -0.1) is 0 Å². The van der Waals surface area contributed by atoms with E-state index in [0.29, 0.717) is 18.1 Å². The van der Waals surface area contributed by atoms with Gasteiger partial charge < -0.3 is 14.6 Å². The van der Waals surface area contributed by atoms with Gasteiger partial charge in [0, 0.05) is 18.7 Å². The highest BCUT2D eigenvalue weighted by atomic mass is 16.5. The van der Waals surface area contributed by atoms with E-state index in [1.165, 1.54) is 18.9 Å². The minimum Gasteiger partial charge on any atom is -0.508 e. The van der Waals surface area contributed by atoms with E-state index in [4.69, 9.17) is 9.47 Å². The Morgan fingerprint density at radius 3 is 2.88 bits per heavy atom. The van der Waals surface area contributed by atoms with Crippen molar-refractivity contribution in [3.63, 3.8) is 0 Å². The fourth-order valence-electron chi connectivity index (χ4n) is 2.01. The van der Waals surface area contributed by atoms with Crippen LogP contribution in [0.15, 0.2) is 12.1 Å². The van der Waals surface area contributed by atoms with Crippen molar-refractivity contribution >= 4 is 0 Å². The summed E-state index contributed by atoms with van der Waals surface area (Å²) >= 11 is 0. The molecule has 1 fully saturated rings. The molecular formula is C13H18NO3. The molecule has 93 valence electrons. The fraction of sp³-hybridized carbons (Fsp3) is 0.538. The lowest BCUT2D eigenvalue weighted by atomic mass is 10.3. The third kappa shape index (κ3) is 3.27. The van der Waals surface area contributed by atoms with E-state index in [9.17, 15) is 5.11 Å². The molecule has 0 amide bonds. The van der Waals surface area contributed by atoms with Crippen LogP contribution in [0.3, 0.4) is 0 Å². The largest absolute Gasteiger partial charge is 0.508 e. The molecule has 17 heavy (non-hydrogen) atoms. The second-order valence-electron chi connectivity index (χ2n) is 4.15. The van der Waals surface area contributed by atoms with Gasteiger partial charge in [0.05, 0.1) is 7.11 Å². The van der Waals surface area contributed by atoms with Crippen molar-refractivity contribution in [3.05, 3.63) is 18.2 Å². The van der Waals surface area contributed by atoms with Gasteiger partial charge in [0.25, 0.3) is 0 Å². The lowest BCUT2D eigenvalue weighted by Gasteiger charge is -2.16. The molecule has 1 aliphatic rings. The van der Waals surface area contributed by atoms with Crippen LogP contribution >= 0.6 is 0 Å². The predicted molar refractivity (Wildman–Crippen MR) is 64.7 cm³/mol. The highest BCUT2D eigenvalue weighted by molar-refractivity contribution is 5.43. The summed E-state index contributed by atoms with van der Waals surface area (Å²) in [5.74, 6) is 1.22. The minimum atomic E-state index is 0.141. The Kier molecular flexibility index (Phi) is 4.09. The number of hydrogen-bond acceptors (Lipinski definition) is 4. The normalized spacial score (nSPS) is 16.1. The molecule has 1 aliphatic heterocycles. The van der Waals surface area contributed by atoms with Gasteiger partial charge in [-0.2, -0.15) is 0 Å². The van der Waals surface area contributed by atoms with Crippen LogP contribution < -0.4 is 9.47 Å². The van der Waals surface area contributed by atoms with Crippen LogP contribution in [0.5, 0.6) is 17.2 Å². The van der Waals surface area contributed by atoms with Crippen LogP contribution in [0.4, 0.5) is 0 Å². The van der Waals surface area contributed by atoms with Crippen molar-refractivity contribution in [1.29, 1.82) is 0 Å². The zero-order valence-corrected chi connectivity index (χ0v) is 10.1. The molecule has 1 N–H and O–H groups in total. The Morgan fingerprint density at radius 2 is 2.18 bits per heavy atom. The monoisotopic (exact) mass is 236 g/mol. The molecular weight excluding hydrogens is 218 g/mol. The Hall–Kier alpha value is -1.42. The van der Waals surface area contributed by atoms with Gasteiger partial charge in [0.2, 0.25) is 0 Å². The maximum absolute atomic E-state index is 9.37. The number of aromatic hydroxyl groups is 1. The van der Waals surface area contributed by atoms with E-state index in [2.05, 4.69) is 11.0 Å². The molecule has 0 aliphatic carbocycles. The van der Waals surface area contributed by atoms with Crippen molar-refractivity contribution in [3.8, 4) is 17.2 Å². The average molecular weight is 236 g/mol. The van der Waals surface area contributed by atoms with Gasteiger partial charge in [-0.1, -0.05) is 0 Å². The van der Waals surface area contributed by atoms with Crippen LogP contribution in [-0.4, -0.2) is 43.4 Å². The number of phenolic OH excluding ortho intramolecular Hbond substituents is 1. The van der Waals surface area contributed by atoms with E-state index in [1.807, 2.05) is 0 Å². The van der Waals surface area contributed by atoms with E-state index >= 15 is 0 Å². The topological polar surface area (TPSA) is 41.9 Å². The lowest BCUT2D eigenvalue weighted by molar-refractivity contribution is 0.229. The lowest BCUT2D eigenvalue weighted by Crippen LogP contribution is -2.25. The number of nitrogens with zero attached hydrogens (tertiary/aromatic N) is 1. The zero-order valence-electron chi connectivity index (χ0n) is 10.1. The average Bonchev–Trinajstić information content (AvgIpc) is 2.82. The van der Waals surface area contributed by atoms with Gasteiger partial charge in [-0.05, 0) is 32.0 Å². The molecule has 4 heteroatoms. The molecule has 0 spiro atoms. The highest BCUT2D eigenvalue weighted by Gasteiger charge is 2.12. The van der Waals surface area contributed by atoms with Crippen molar-refractivity contribution < 1.29 is 14.6 Å². The van der Waals surface area contributed by atoms with Crippen LogP contribution in [-0.2, 0) is 0 Å². The maximum Gasteiger partial charge on any atom is 0.168 e. The second-order valence-corrected chi connectivity index (χ2v) is 4.15. The molecule has 4 nitrogen and oxygen atoms in total. The number of ether oxygens (including phenoxy) is 2. The summed E-state index contributed by atoms with van der Waals surface area (Å²) < 4.78 is 10.7. The third-order valence-corrected chi connectivity index (χ3v) is 2.92. The summed E-state index contributed by atoms with van der Waals surface area (Å²) in [6.45, 7) is 3.84. The molecule has 0 atom stereocenters. The summed E-state index contributed by atoms with van der Waals surface area (Å²) in [4.78, 5) is 2.37. The van der Waals surface area contributed by atoms with Gasteiger partial charge in [0.15, 0.2) is 11.5 Å². The van der Waals surface area contributed by atoms with E-state index < -0.39 is 0 Å². The first-order valence-electron chi connectivity index (χ1n) is 5.93. The summed E-state index contributed by atoms with van der Waals surface area (Å²) in [5, 5.41) is 9.37. The molecule has 0 bridgehead atoms. The van der Waals surface area contributed by atoms with Crippen molar-refractivity contribution in [2.75, 3.05) is 33.4 Å².